The number of hydrogen-bond acceptors (Lipinski definition) is 3. The smallest absolute Gasteiger partial charge is 0.338 e. The van der Waals surface area contributed by atoms with Gasteiger partial charge in [0.25, 0.3) is 0 Å². The Hall–Kier alpha value is -2.38. The average molecular weight is 366 g/mol. The normalized spacial score (nSPS) is 17.6. The average Bonchev–Trinajstić information content (AvgIpc) is 2.64. The van der Waals surface area contributed by atoms with Crippen LogP contribution in [0.1, 0.15) is 54.2 Å². The summed E-state index contributed by atoms with van der Waals surface area (Å²) in [6.07, 6.45) is 0.915. The summed E-state index contributed by atoms with van der Waals surface area (Å²) in [5, 5.41) is 0. The molecule has 1 atom stereocenters. The lowest BCUT2D eigenvalue weighted by Gasteiger charge is -2.31. The lowest BCUT2D eigenvalue weighted by Crippen LogP contribution is -2.27. The van der Waals surface area contributed by atoms with Crippen LogP contribution in [-0.2, 0) is 21.0 Å². The largest absolute Gasteiger partial charge is 0.462 e. The third-order valence-corrected chi connectivity index (χ3v) is 6.04. The molecule has 0 N–H and O–H groups in total. The van der Waals surface area contributed by atoms with Gasteiger partial charge in [0.2, 0.25) is 0 Å². The SMILES string of the molecule is CCOC(=O)c1ccc(C#Cc2ccc3c(c2)C(C)(C)CCS3=O)cc1. The Kier molecular flexibility index (Phi) is 5.29. The summed E-state index contributed by atoms with van der Waals surface area (Å²) >= 11 is 0. The topological polar surface area (TPSA) is 43.4 Å². The molecular formula is C22H22O3S. The summed E-state index contributed by atoms with van der Waals surface area (Å²) in [4.78, 5) is 12.6. The Morgan fingerprint density at radius 3 is 2.46 bits per heavy atom. The van der Waals surface area contributed by atoms with Crippen molar-refractivity contribution in [3.05, 3.63) is 64.7 Å². The summed E-state index contributed by atoms with van der Waals surface area (Å²) in [6, 6.07) is 13.0. The maximum absolute atomic E-state index is 12.2. The number of carbonyl (C=O) groups excluding carboxylic acids is 1. The maximum Gasteiger partial charge on any atom is 0.338 e. The van der Waals surface area contributed by atoms with Crippen LogP contribution in [0.3, 0.4) is 0 Å². The van der Waals surface area contributed by atoms with E-state index in [1.165, 1.54) is 0 Å². The van der Waals surface area contributed by atoms with E-state index >= 15 is 0 Å². The minimum atomic E-state index is -0.911. The lowest BCUT2D eigenvalue weighted by molar-refractivity contribution is 0.0526. The first-order valence-corrected chi connectivity index (χ1v) is 10.0. The first-order valence-electron chi connectivity index (χ1n) is 8.73. The number of benzene rings is 2. The highest BCUT2D eigenvalue weighted by atomic mass is 32.2. The molecule has 0 spiro atoms. The van der Waals surface area contributed by atoms with Gasteiger partial charge in [-0.2, -0.15) is 0 Å². The van der Waals surface area contributed by atoms with E-state index < -0.39 is 10.8 Å². The zero-order valence-electron chi connectivity index (χ0n) is 15.3. The van der Waals surface area contributed by atoms with Crippen molar-refractivity contribution in [2.45, 2.75) is 37.5 Å². The first kappa shape index (κ1) is 18.4. The van der Waals surface area contributed by atoms with E-state index in [1.54, 1.807) is 19.1 Å². The van der Waals surface area contributed by atoms with Crippen LogP contribution >= 0.6 is 0 Å². The second-order valence-corrected chi connectivity index (χ2v) is 8.48. The van der Waals surface area contributed by atoms with Gasteiger partial charge in [0.1, 0.15) is 0 Å². The van der Waals surface area contributed by atoms with Gasteiger partial charge in [0.15, 0.2) is 0 Å². The molecule has 1 unspecified atom stereocenters. The summed E-state index contributed by atoms with van der Waals surface area (Å²) in [7, 11) is -0.911. The van der Waals surface area contributed by atoms with E-state index in [0.717, 1.165) is 33.8 Å². The quantitative estimate of drug-likeness (QED) is 0.595. The number of fused-ring (bicyclic) bond motifs is 1. The number of esters is 1. The Morgan fingerprint density at radius 1 is 1.12 bits per heavy atom. The molecule has 4 heteroatoms. The van der Waals surface area contributed by atoms with E-state index in [2.05, 4.69) is 31.8 Å². The zero-order valence-corrected chi connectivity index (χ0v) is 16.1. The van der Waals surface area contributed by atoms with E-state index in [0.29, 0.717) is 12.2 Å². The number of hydrogen-bond donors (Lipinski definition) is 0. The van der Waals surface area contributed by atoms with E-state index in [-0.39, 0.29) is 11.4 Å². The second-order valence-electron chi connectivity index (χ2n) is 6.94. The van der Waals surface area contributed by atoms with Crippen LogP contribution in [0.4, 0.5) is 0 Å². The highest BCUT2D eigenvalue weighted by Crippen LogP contribution is 2.37. The molecule has 2 aromatic rings. The second kappa shape index (κ2) is 7.47. The van der Waals surface area contributed by atoms with Crippen LogP contribution in [0.2, 0.25) is 0 Å². The van der Waals surface area contributed by atoms with Crippen molar-refractivity contribution in [3.8, 4) is 11.8 Å². The fourth-order valence-electron chi connectivity index (χ4n) is 2.98. The van der Waals surface area contributed by atoms with Gasteiger partial charge < -0.3 is 4.74 Å². The number of ether oxygens (including phenoxy) is 1. The highest BCUT2D eigenvalue weighted by molar-refractivity contribution is 7.85. The lowest BCUT2D eigenvalue weighted by atomic mass is 9.81. The van der Waals surface area contributed by atoms with Crippen LogP contribution in [0.25, 0.3) is 0 Å². The molecule has 0 aromatic heterocycles. The molecule has 0 amide bonds. The van der Waals surface area contributed by atoms with Crippen LogP contribution < -0.4 is 0 Å². The van der Waals surface area contributed by atoms with E-state index in [1.807, 2.05) is 24.3 Å². The molecule has 26 heavy (non-hydrogen) atoms. The molecule has 0 bridgehead atoms. The van der Waals surface area contributed by atoms with Gasteiger partial charge in [-0.05, 0) is 66.8 Å². The molecule has 1 aliphatic heterocycles. The molecule has 0 radical (unpaired) electrons. The maximum atomic E-state index is 12.2. The first-order chi connectivity index (χ1) is 12.4. The Morgan fingerprint density at radius 2 is 1.77 bits per heavy atom. The van der Waals surface area contributed by atoms with E-state index in [9.17, 15) is 9.00 Å². The van der Waals surface area contributed by atoms with Gasteiger partial charge in [0.05, 0.1) is 23.0 Å². The highest BCUT2D eigenvalue weighted by Gasteiger charge is 2.31. The van der Waals surface area contributed by atoms with Gasteiger partial charge in [-0.25, -0.2) is 4.79 Å². The van der Waals surface area contributed by atoms with Gasteiger partial charge in [-0.1, -0.05) is 25.7 Å². The van der Waals surface area contributed by atoms with Gasteiger partial charge in [0, 0.05) is 21.8 Å². The molecule has 3 rings (SSSR count). The molecule has 134 valence electrons. The fraction of sp³-hybridized carbons (Fsp3) is 0.318. The summed E-state index contributed by atoms with van der Waals surface area (Å²) < 4.78 is 17.2. The zero-order chi connectivity index (χ0) is 18.7. The predicted octanol–water partition coefficient (Wildman–Crippen LogP) is 4.05. The Labute approximate surface area is 157 Å². The Balaban J connectivity index is 1.85. The van der Waals surface area contributed by atoms with E-state index in [4.69, 9.17) is 4.74 Å². The van der Waals surface area contributed by atoms with Gasteiger partial charge >= 0.3 is 5.97 Å². The summed E-state index contributed by atoms with van der Waals surface area (Å²) in [5.74, 6) is 6.70. The number of rotatable bonds is 2. The molecule has 3 nitrogen and oxygen atoms in total. The van der Waals surface area contributed by atoms with Crippen LogP contribution in [0.15, 0.2) is 47.4 Å². The van der Waals surface area contributed by atoms with Crippen LogP contribution in [0.5, 0.6) is 0 Å². The molecule has 2 aromatic carbocycles. The number of carbonyl (C=O) groups is 1. The molecule has 0 saturated heterocycles. The Bertz CT molecular complexity index is 915. The third kappa shape index (κ3) is 3.89. The summed E-state index contributed by atoms with van der Waals surface area (Å²) in [5.41, 5.74) is 3.41. The van der Waals surface area contributed by atoms with Crippen molar-refractivity contribution < 1.29 is 13.7 Å². The van der Waals surface area contributed by atoms with Crippen LogP contribution in [-0.4, -0.2) is 22.5 Å². The molecule has 0 fully saturated rings. The summed E-state index contributed by atoms with van der Waals surface area (Å²) in [6.45, 7) is 6.52. The minimum Gasteiger partial charge on any atom is -0.462 e. The van der Waals surface area contributed by atoms with Crippen molar-refractivity contribution >= 4 is 16.8 Å². The van der Waals surface area contributed by atoms with Crippen molar-refractivity contribution in [2.75, 3.05) is 12.4 Å². The molecule has 0 aliphatic carbocycles. The predicted molar refractivity (Wildman–Crippen MR) is 104 cm³/mol. The third-order valence-electron chi connectivity index (χ3n) is 4.61. The molecule has 1 heterocycles. The van der Waals surface area contributed by atoms with Gasteiger partial charge in [-0.15, -0.1) is 0 Å². The minimum absolute atomic E-state index is 0.0161. The van der Waals surface area contributed by atoms with Crippen molar-refractivity contribution in [1.82, 2.24) is 0 Å². The molecule has 1 aliphatic rings. The van der Waals surface area contributed by atoms with Crippen molar-refractivity contribution in [2.24, 2.45) is 0 Å². The molecular weight excluding hydrogens is 344 g/mol. The van der Waals surface area contributed by atoms with Gasteiger partial charge in [-0.3, -0.25) is 4.21 Å². The van der Waals surface area contributed by atoms with Crippen LogP contribution in [0, 0.1) is 11.8 Å². The monoisotopic (exact) mass is 366 g/mol. The standard InChI is InChI=1S/C22H22O3S/c1-4-25-21(23)18-10-7-16(8-11-18)5-6-17-9-12-20-19(15-17)22(2,3)13-14-26(20)24/h7-12,15H,4,13-14H2,1-3H3. The van der Waals surface area contributed by atoms with Crippen molar-refractivity contribution in [1.29, 1.82) is 0 Å². The fourth-order valence-corrected chi connectivity index (χ4v) is 4.69. The molecule has 0 saturated carbocycles. The van der Waals surface area contributed by atoms with Crippen molar-refractivity contribution in [3.63, 3.8) is 0 Å².